The van der Waals surface area contributed by atoms with Crippen LogP contribution in [0.1, 0.15) is 18.0 Å². The quantitative estimate of drug-likeness (QED) is 0.620. The van der Waals surface area contributed by atoms with Crippen molar-refractivity contribution in [3.05, 3.63) is 12.2 Å². The van der Waals surface area contributed by atoms with Gasteiger partial charge in [-0.3, -0.25) is 4.68 Å². The fourth-order valence-electron chi connectivity index (χ4n) is 0.674. The third kappa shape index (κ3) is 1.95. The number of thioether (sulfide) groups is 1. The first-order valence-corrected chi connectivity index (χ1v) is 4.02. The summed E-state index contributed by atoms with van der Waals surface area (Å²) < 4.78 is 1.63. The molecule has 1 aromatic heterocycles. The molecule has 0 saturated carbocycles. The number of nitrogens with zero attached hydrogens (tertiary/aromatic N) is 4. The van der Waals surface area contributed by atoms with Crippen LogP contribution in [0, 0.1) is 10.7 Å². The molecule has 0 amide bonds. The second kappa shape index (κ2) is 3.39. The number of rotatable bonds is 2. The molecule has 1 heterocycles. The van der Waals surface area contributed by atoms with Gasteiger partial charge in [-0.05, 0) is 18.7 Å². The lowest BCUT2D eigenvalue weighted by atomic mass is 10.5. The van der Waals surface area contributed by atoms with Gasteiger partial charge >= 0.3 is 0 Å². The summed E-state index contributed by atoms with van der Waals surface area (Å²) >= 11 is 1.16. The van der Waals surface area contributed by atoms with Crippen LogP contribution in [0.4, 0.5) is 0 Å². The van der Waals surface area contributed by atoms with Crippen molar-refractivity contribution in [2.24, 2.45) is 7.05 Å². The van der Waals surface area contributed by atoms with Crippen LogP contribution in [-0.2, 0) is 7.05 Å². The molecule has 0 radical (unpaired) electrons. The summed E-state index contributed by atoms with van der Waals surface area (Å²) in [6.45, 7) is 1.91. The zero-order valence-corrected chi connectivity index (χ0v) is 7.17. The molecule has 11 heavy (non-hydrogen) atoms. The van der Waals surface area contributed by atoms with E-state index < -0.39 is 0 Å². The maximum Gasteiger partial charge on any atom is 0.164 e. The van der Waals surface area contributed by atoms with Crippen LogP contribution in [0.3, 0.4) is 0 Å². The minimum absolute atomic E-state index is 0.0567. The van der Waals surface area contributed by atoms with E-state index in [1.807, 2.05) is 12.3 Å². The van der Waals surface area contributed by atoms with Gasteiger partial charge in [0.2, 0.25) is 0 Å². The fourth-order valence-corrected chi connectivity index (χ4v) is 1.05. The largest absolute Gasteiger partial charge is 0.256 e. The van der Waals surface area contributed by atoms with Gasteiger partial charge in [0.25, 0.3) is 0 Å². The van der Waals surface area contributed by atoms with E-state index in [2.05, 4.69) is 10.1 Å². The Bertz CT molecular complexity index is 274. The smallest absolute Gasteiger partial charge is 0.164 e. The highest BCUT2D eigenvalue weighted by Gasteiger charge is 2.09. The monoisotopic (exact) mass is 168 g/mol. The minimum atomic E-state index is 0.0567. The zero-order valence-electron chi connectivity index (χ0n) is 6.35. The Kier molecular flexibility index (Phi) is 2.49. The van der Waals surface area contributed by atoms with Gasteiger partial charge < -0.3 is 0 Å². The topological polar surface area (TPSA) is 54.5 Å². The molecule has 1 rings (SSSR count). The lowest BCUT2D eigenvalue weighted by Gasteiger charge is -1.97. The van der Waals surface area contributed by atoms with E-state index in [0.29, 0.717) is 5.82 Å². The van der Waals surface area contributed by atoms with Crippen molar-refractivity contribution in [3.63, 3.8) is 0 Å². The highest BCUT2D eigenvalue weighted by Crippen LogP contribution is 2.22. The van der Waals surface area contributed by atoms with Gasteiger partial charge in [-0.2, -0.15) is 10.4 Å². The van der Waals surface area contributed by atoms with Gasteiger partial charge in [0.05, 0.1) is 5.25 Å². The Morgan fingerprint density at radius 1 is 1.82 bits per heavy atom. The minimum Gasteiger partial charge on any atom is -0.256 e. The van der Waals surface area contributed by atoms with Gasteiger partial charge in [0.15, 0.2) is 5.82 Å². The molecule has 0 N–H and O–H groups in total. The van der Waals surface area contributed by atoms with Gasteiger partial charge in [-0.15, -0.1) is 0 Å². The SMILES string of the molecule is C[C@@H](SC#N)c1ncn(C)n1. The highest BCUT2D eigenvalue weighted by atomic mass is 32.2. The van der Waals surface area contributed by atoms with Crippen molar-refractivity contribution in [2.45, 2.75) is 12.2 Å². The van der Waals surface area contributed by atoms with Gasteiger partial charge in [0, 0.05) is 7.05 Å². The van der Waals surface area contributed by atoms with Crippen molar-refractivity contribution in [3.8, 4) is 5.40 Å². The lowest BCUT2D eigenvalue weighted by molar-refractivity contribution is 0.744. The molecule has 0 aromatic carbocycles. The highest BCUT2D eigenvalue weighted by molar-refractivity contribution is 8.03. The summed E-state index contributed by atoms with van der Waals surface area (Å²) in [5.74, 6) is 0.707. The molecular formula is C6H8N4S. The second-order valence-corrected chi connectivity index (χ2v) is 3.25. The molecule has 0 aliphatic carbocycles. The standard InChI is InChI=1S/C6H8N4S/c1-5(11-3-7)6-8-4-10(2)9-6/h4-5H,1-2H3/t5-/m1/s1. The average molecular weight is 168 g/mol. The molecule has 1 aromatic rings. The first kappa shape index (κ1) is 8.08. The van der Waals surface area contributed by atoms with Gasteiger partial charge in [0.1, 0.15) is 11.7 Å². The molecule has 0 unspecified atom stereocenters. The Hall–Kier alpha value is -1.02. The summed E-state index contributed by atoms with van der Waals surface area (Å²) in [5.41, 5.74) is 0. The molecule has 0 bridgehead atoms. The van der Waals surface area contributed by atoms with E-state index in [1.165, 1.54) is 0 Å². The summed E-state index contributed by atoms with van der Waals surface area (Å²) in [7, 11) is 1.81. The molecule has 1 atom stereocenters. The molecular weight excluding hydrogens is 160 g/mol. The molecule has 58 valence electrons. The van der Waals surface area contributed by atoms with Gasteiger partial charge in [-0.25, -0.2) is 4.98 Å². The number of thiocyanates is 1. The molecule has 5 heteroatoms. The normalized spacial score (nSPS) is 12.5. The summed E-state index contributed by atoms with van der Waals surface area (Å²) in [5, 5.41) is 14.5. The van der Waals surface area contributed by atoms with Crippen LogP contribution in [0.5, 0.6) is 0 Å². The van der Waals surface area contributed by atoms with Crippen LogP contribution in [0.25, 0.3) is 0 Å². The Morgan fingerprint density at radius 2 is 2.55 bits per heavy atom. The van der Waals surface area contributed by atoms with Crippen molar-refractivity contribution in [1.82, 2.24) is 14.8 Å². The summed E-state index contributed by atoms with van der Waals surface area (Å²) in [4.78, 5) is 4.01. The molecule has 0 spiro atoms. The van der Waals surface area contributed by atoms with Crippen molar-refractivity contribution >= 4 is 11.8 Å². The van der Waals surface area contributed by atoms with E-state index in [4.69, 9.17) is 5.26 Å². The Balaban J connectivity index is 2.70. The average Bonchev–Trinajstić information content (AvgIpc) is 2.36. The van der Waals surface area contributed by atoms with Crippen LogP contribution in [0.2, 0.25) is 0 Å². The third-order valence-electron chi connectivity index (χ3n) is 1.21. The van der Waals surface area contributed by atoms with Crippen molar-refractivity contribution < 1.29 is 0 Å². The fraction of sp³-hybridized carbons (Fsp3) is 0.500. The van der Waals surface area contributed by atoms with E-state index in [0.717, 1.165) is 11.8 Å². The maximum absolute atomic E-state index is 8.36. The first-order chi connectivity index (χ1) is 5.24. The van der Waals surface area contributed by atoms with Gasteiger partial charge in [-0.1, -0.05) is 0 Å². The van der Waals surface area contributed by atoms with Crippen LogP contribution >= 0.6 is 11.8 Å². The van der Waals surface area contributed by atoms with Crippen LogP contribution in [-0.4, -0.2) is 14.8 Å². The maximum atomic E-state index is 8.36. The molecule has 0 aliphatic heterocycles. The van der Waals surface area contributed by atoms with E-state index in [9.17, 15) is 0 Å². The predicted molar refractivity (Wildman–Crippen MR) is 42.6 cm³/mol. The van der Waals surface area contributed by atoms with E-state index in [1.54, 1.807) is 18.1 Å². The van der Waals surface area contributed by atoms with Crippen molar-refractivity contribution in [2.75, 3.05) is 0 Å². The third-order valence-corrected chi connectivity index (χ3v) is 1.88. The predicted octanol–water partition coefficient (Wildman–Crippen LogP) is 1.09. The van der Waals surface area contributed by atoms with E-state index in [-0.39, 0.29) is 5.25 Å². The Labute approximate surface area is 69.2 Å². The molecule has 0 fully saturated rings. The second-order valence-electron chi connectivity index (χ2n) is 2.13. The van der Waals surface area contributed by atoms with Crippen LogP contribution < -0.4 is 0 Å². The number of hydrogen-bond acceptors (Lipinski definition) is 4. The number of aromatic nitrogens is 3. The number of hydrogen-bond donors (Lipinski definition) is 0. The zero-order chi connectivity index (χ0) is 8.27. The first-order valence-electron chi connectivity index (χ1n) is 3.14. The Morgan fingerprint density at radius 3 is 3.00 bits per heavy atom. The van der Waals surface area contributed by atoms with Crippen molar-refractivity contribution in [1.29, 1.82) is 5.26 Å². The molecule has 0 aliphatic rings. The summed E-state index contributed by atoms with van der Waals surface area (Å²) in [6, 6.07) is 0. The van der Waals surface area contributed by atoms with Crippen LogP contribution in [0.15, 0.2) is 6.33 Å². The van der Waals surface area contributed by atoms with E-state index >= 15 is 0 Å². The molecule has 0 saturated heterocycles. The summed E-state index contributed by atoms with van der Waals surface area (Å²) in [6.07, 6.45) is 1.63. The number of aryl methyl sites for hydroxylation is 1. The number of nitriles is 1. The molecule has 4 nitrogen and oxygen atoms in total. The lowest BCUT2D eigenvalue weighted by Crippen LogP contribution is -1.93.